The number of hydrogen-bond donors (Lipinski definition) is 1. The Morgan fingerprint density at radius 2 is 2.30 bits per heavy atom. The zero-order valence-electron chi connectivity index (χ0n) is 15.3. The third kappa shape index (κ3) is 3.61. The van der Waals surface area contributed by atoms with E-state index in [1.54, 1.807) is 22.8 Å². The molecule has 1 spiro atoms. The van der Waals surface area contributed by atoms with Crippen molar-refractivity contribution >= 4 is 23.1 Å². The van der Waals surface area contributed by atoms with Gasteiger partial charge in [-0.3, -0.25) is 9.36 Å². The first-order chi connectivity index (χ1) is 13.0. The van der Waals surface area contributed by atoms with Gasteiger partial charge in [0.05, 0.1) is 0 Å². The summed E-state index contributed by atoms with van der Waals surface area (Å²) in [6.07, 6.45) is 4.60. The highest BCUT2D eigenvalue weighted by atomic mass is 32.1. The Morgan fingerprint density at radius 1 is 1.52 bits per heavy atom. The third-order valence-electron chi connectivity index (χ3n) is 5.83. The maximum absolute atomic E-state index is 13.2. The lowest BCUT2D eigenvalue weighted by molar-refractivity contribution is -0.389. The number of nitrogens with zero attached hydrogens (tertiary/aromatic N) is 4. The summed E-state index contributed by atoms with van der Waals surface area (Å²) in [4.78, 5) is 29.5. The fourth-order valence-corrected chi connectivity index (χ4v) is 4.82. The molecule has 8 nitrogen and oxygen atoms in total. The van der Waals surface area contributed by atoms with Crippen LogP contribution in [0.4, 0.5) is 5.82 Å². The van der Waals surface area contributed by atoms with E-state index in [1.807, 2.05) is 10.3 Å². The molecule has 144 valence electrons. The van der Waals surface area contributed by atoms with Crippen molar-refractivity contribution in [2.75, 3.05) is 13.1 Å². The molecule has 0 aromatic carbocycles. The molecule has 1 saturated carbocycles. The van der Waals surface area contributed by atoms with Crippen LogP contribution in [0.1, 0.15) is 30.7 Å². The summed E-state index contributed by atoms with van der Waals surface area (Å²) in [5, 5.41) is 18.4. The number of aryl methyl sites for hydroxylation is 1. The molecule has 0 bridgehead atoms. The fourth-order valence-electron chi connectivity index (χ4n) is 4.16. The Hall–Kier alpha value is -2.26. The van der Waals surface area contributed by atoms with Crippen LogP contribution in [-0.2, 0) is 17.9 Å². The van der Waals surface area contributed by atoms with E-state index in [2.05, 4.69) is 21.7 Å². The standard InChI is InChI=1S/C18H23N5O3S/c1-13-20-16(23(25)26)10-21(13)11-17(24)22(9-14-2-7-27-12-14)15-8-18(15)3-5-19-6-4-18/h2,7,10,12,15,19H,3-6,8-9,11H2,1H3. The van der Waals surface area contributed by atoms with Gasteiger partial charge >= 0.3 is 5.82 Å². The number of nitro groups is 1. The van der Waals surface area contributed by atoms with Crippen LogP contribution in [-0.4, -0.2) is 44.4 Å². The van der Waals surface area contributed by atoms with E-state index >= 15 is 0 Å². The average molecular weight is 389 g/mol. The summed E-state index contributed by atoms with van der Waals surface area (Å²) in [5.41, 5.74) is 1.38. The van der Waals surface area contributed by atoms with E-state index in [0.717, 1.165) is 37.9 Å². The minimum Gasteiger partial charge on any atom is -0.358 e. The lowest BCUT2D eigenvalue weighted by Gasteiger charge is -2.29. The molecule has 2 aromatic rings. The van der Waals surface area contributed by atoms with Gasteiger partial charge in [0.25, 0.3) is 0 Å². The SMILES string of the molecule is Cc1nc([N+](=O)[O-])cn1CC(=O)N(Cc1ccsc1)C1CC12CCNCC2. The highest BCUT2D eigenvalue weighted by Crippen LogP contribution is 2.56. The maximum atomic E-state index is 13.2. The summed E-state index contributed by atoms with van der Waals surface area (Å²) in [7, 11) is 0. The number of thiophene rings is 1. The van der Waals surface area contributed by atoms with Crippen molar-refractivity contribution in [2.45, 2.75) is 45.3 Å². The second kappa shape index (κ2) is 7.05. The number of nitrogens with one attached hydrogen (secondary N) is 1. The second-order valence-electron chi connectivity index (χ2n) is 7.52. The highest BCUT2D eigenvalue weighted by molar-refractivity contribution is 7.07. The van der Waals surface area contributed by atoms with E-state index in [0.29, 0.717) is 12.4 Å². The van der Waals surface area contributed by atoms with Gasteiger partial charge in [-0.15, -0.1) is 0 Å². The van der Waals surface area contributed by atoms with Gasteiger partial charge < -0.3 is 20.3 Å². The van der Waals surface area contributed by atoms with E-state index in [9.17, 15) is 14.9 Å². The van der Waals surface area contributed by atoms with Crippen molar-refractivity contribution in [1.82, 2.24) is 19.8 Å². The zero-order valence-corrected chi connectivity index (χ0v) is 16.1. The van der Waals surface area contributed by atoms with Crippen LogP contribution >= 0.6 is 11.3 Å². The van der Waals surface area contributed by atoms with Crippen molar-refractivity contribution in [1.29, 1.82) is 0 Å². The molecule has 2 fully saturated rings. The second-order valence-corrected chi connectivity index (χ2v) is 8.30. The summed E-state index contributed by atoms with van der Waals surface area (Å²) in [6, 6.07) is 2.31. The number of amides is 1. The summed E-state index contributed by atoms with van der Waals surface area (Å²) >= 11 is 1.63. The Balaban J connectivity index is 1.53. The molecule has 1 amide bonds. The van der Waals surface area contributed by atoms with E-state index < -0.39 is 4.92 Å². The van der Waals surface area contributed by atoms with Gasteiger partial charge in [0, 0.05) is 19.5 Å². The van der Waals surface area contributed by atoms with Crippen molar-refractivity contribution in [3.63, 3.8) is 0 Å². The van der Waals surface area contributed by atoms with Crippen molar-refractivity contribution in [3.8, 4) is 0 Å². The van der Waals surface area contributed by atoms with E-state index in [1.165, 1.54) is 6.20 Å². The lowest BCUT2D eigenvalue weighted by Crippen LogP contribution is -2.40. The number of aromatic nitrogens is 2. The van der Waals surface area contributed by atoms with Gasteiger partial charge in [0.2, 0.25) is 11.7 Å². The molecule has 4 rings (SSSR count). The number of carbonyl (C=O) groups excluding carboxylic acids is 1. The maximum Gasteiger partial charge on any atom is 0.381 e. The van der Waals surface area contributed by atoms with Gasteiger partial charge in [0.15, 0.2) is 0 Å². The summed E-state index contributed by atoms with van der Waals surface area (Å²) in [6.45, 7) is 4.38. The number of imidazole rings is 1. The molecule has 1 atom stereocenters. The van der Waals surface area contributed by atoms with Crippen molar-refractivity contribution in [2.24, 2.45) is 5.41 Å². The topological polar surface area (TPSA) is 93.3 Å². The Kier molecular flexibility index (Phi) is 4.73. The largest absolute Gasteiger partial charge is 0.381 e. The van der Waals surface area contributed by atoms with Crippen molar-refractivity contribution < 1.29 is 9.72 Å². The minimum absolute atomic E-state index is 0.00277. The molecule has 27 heavy (non-hydrogen) atoms. The highest BCUT2D eigenvalue weighted by Gasteiger charge is 2.57. The number of carbonyl (C=O) groups is 1. The Labute approximate surface area is 161 Å². The molecule has 1 aliphatic carbocycles. The van der Waals surface area contributed by atoms with Gasteiger partial charge in [0.1, 0.15) is 12.7 Å². The van der Waals surface area contributed by atoms with Gasteiger partial charge in [-0.1, -0.05) is 0 Å². The van der Waals surface area contributed by atoms with Crippen LogP contribution in [0.5, 0.6) is 0 Å². The molecule has 1 saturated heterocycles. The van der Waals surface area contributed by atoms with Crippen LogP contribution in [0, 0.1) is 22.5 Å². The molecule has 2 aliphatic rings. The van der Waals surface area contributed by atoms with Crippen LogP contribution < -0.4 is 5.32 Å². The molecule has 9 heteroatoms. The Morgan fingerprint density at radius 3 is 2.93 bits per heavy atom. The predicted octanol–water partition coefficient (Wildman–Crippen LogP) is 2.33. The molecule has 3 heterocycles. The van der Waals surface area contributed by atoms with Crippen molar-refractivity contribution in [3.05, 3.63) is 44.5 Å². The summed E-state index contributed by atoms with van der Waals surface area (Å²) < 4.78 is 1.58. The molecular formula is C18H23N5O3S. The normalized spacial score (nSPS) is 20.6. The number of rotatable bonds is 6. The monoisotopic (exact) mass is 389 g/mol. The van der Waals surface area contributed by atoms with Crippen LogP contribution in [0.25, 0.3) is 0 Å². The van der Waals surface area contributed by atoms with Crippen LogP contribution in [0.15, 0.2) is 23.0 Å². The van der Waals surface area contributed by atoms with E-state index in [-0.39, 0.29) is 29.7 Å². The predicted molar refractivity (Wildman–Crippen MR) is 101 cm³/mol. The molecule has 2 aromatic heterocycles. The minimum atomic E-state index is -0.526. The Bertz CT molecular complexity index is 841. The van der Waals surface area contributed by atoms with E-state index in [4.69, 9.17) is 0 Å². The average Bonchev–Trinajstić information content (AvgIpc) is 3.01. The number of hydrogen-bond acceptors (Lipinski definition) is 6. The first-order valence-corrected chi connectivity index (χ1v) is 10.1. The molecule has 1 N–H and O–H groups in total. The van der Waals surface area contributed by atoms with Gasteiger partial charge in [-0.05, 0) is 70.1 Å². The smallest absolute Gasteiger partial charge is 0.358 e. The van der Waals surface area contributed by atoms with Crippen LogP contribution in [0.3, 0.4) is 0 Å². The molecule has 1 unspecified atom stereocenters. The number of piperidine rings is 1. The first-order valence-electron chi connectivity index (χ1n) is 9.18. The zero-order chi connectivity index (χ0) is 19.0. The van der Waals surface area contributed by atoms with Gasteiger partial charge in [-0.2, -0.15) is 11.3 Å². The molecule has 0 radical (unpaired) electrons. The van der Waals surface area contributed by atoms with Crippen LogP contribution in [0.2, 0.25) is 0 Å². The quantitative estimate of drug-likeness (QED) is 0.605. The summed E-state index contributed by atoms with van der Waals surface area (Å²) in [5.74, 6) is 0.265. The third-order valence-corrected chi connectivity index (χ3v) is 6.56. The molecular weight excluding hydrogens is 366 g/mol. The molecule has 1 aliphatic heterocycles. The first kappa shape index (κ1) is 18.1. The van der Waals surface area contributed by atoms with Gasteiger partial charge in [-0.25, -0.2) is 0 Å². The lowest BCUT2D eigenvalue weighted by atomic mass is 9.93. The fraction of sp³-hybridized carbons (Fsp3) is 0.556.